The summed E-state index contributed by atoms with van der Waals surface area (Å²) in [6.07, 6.45) is 0.107. The minimum Gasteiger partial charge on any atom is -0.497 e. The highest BCUT2D eigenvalue weighted by Gasteiger charge is 2.46. The summed E-state index contributed by atoms with van der Waals surface area (Å²) in [4.78, 5) is 13.0. The summed E-state index contributed by atoms with van der Waals surface area (Å²) in [7, 11) is 1.61. The van der Waals surface area contributed by atoms with Gasteiger partial charge >= 0.3 is 5.97 Å². The Bertz CT molecular complexity index is 928. The van der Waals surface area contributed by atoms with Gasteiger partial charge in [-0.2, -0.15) is 0 Å². The zero-order valence-electron chi connectivity index (χ0n) is 17.2. The maximum atomic E-state index is 13.0. The van der Waals surface area contributed by atoms with E-state index in [9.17, 15) is 9.90 Å². The molecule has 0 saturated heterocycles. The highest BCUT2D eigenvalue weighted by atomic mass is 16.5. The Morgan fingerprint density at radius 3 is 2.13 bits per heavy atom. The fourth-order valence-corrected chi connectivity index (χ4v) is 3.43. The van der Waals surface area contributed by atoms with Crippen molar-refractivity contribution in [3.05, 3.63) is 96.1 Å². The van der Waals surface area contributed by atoms with Crippen LogP contribution >= 0.6 is 0 Å². The molecule has 5 heteroatoms. The molecule has 0 aliphatic carbocycles. The molecule has 2 atom stereocenters. The standard InChI is InChI=1S/C25H27NO4/c1-3-30-24(27)25(28,18-19-10-6-4-7-11-19)23(20-12-8-5-9-13-20)26-21-14-16-22(29-2)17-15-21/h4-17,23,26,28H,3,18H2,1-2H3/t23-,25-/m0/s1. The lowest BCUT2D eigenvalue weighted by atomic mass is 9.83. The van der Waals surface area contributed by atoms with Gasteiger partial charge in [0.1, 0.15) is 5.75 Å². The third-order valence-electron chi connectivity index (χ3n) is 4.96. The van der Waals surface area contributed by atoms with E-state index in [1.165, 1.54) is 0 Å². The van der Waals surface area contributed by atoms with Crippen molar-refractivity contribution in [1.29, 1.82) is 0 Å². The molecule has 3 rings (SSSR count). The molecule has 5 nitrogen and oxygen atoms in total. The Balaban J connectivity index is 2.04. The summed E-state index contributed by atoms with van der Waals surface area (Å²) in [6, 6.07) is 25.5. The van der Waals surface area contributed by atoms with Gasteiger partial charge in [0.2, 0.25) is 0 Å². The van der Waals surface area contributed by atoms with Crippen molar-refractivity contribution in [2.24, 2.45) is 0 Å². The van der Waals surface area contributed by atoms with Gasteiger partial charge in [-0.05, 0) is 42.3 Å². The van der Waals surface area contributed by atoms with Crippen LogP contribution in [0.25, 0.3) is 0 Å². The molecular formula is C25H27NO4. The van der Waals surface area contributed by atoms with Crippen LogP contribution in [-0.2, 0) is 16.0 Å². The van der Waals surface area contributed by atoms with Gasteiger partial charge < -0.3 is 19.9 Å². The lowest BCUT2D eigenvalue weighted by Gasteiger charge is -2.35. The van der Waals surface area contributed by atoms with E-state index in [0.717, 1.165) is 22.6 Å². The van der Waals surface area contributed by atoms with Crippen molar-refractivity contribution in [3.8, 4) is 5.75 Å². The van der Waals surface area contributed by atoms with Gasteiger partial charge in [-0.1, -0.05) is 60.7 Å². The molecule has 0 aliphatic rings. The lowest BCUT2D eigenvalue weighted by Crippen LogP contribution is -2.50. The van der Waals surface area contributed by atoms with Gasteiger partial charge in [0.15, 0.2) is 5.60 Å². The summed E-state index contributed by atoms with van der Waals surface area (Å²) < 4.78 is 10.5. The van der Waals surface area contributed by atoms with Crippen molar-refractivity contribution in [1.82, 2.24) is 0 Å². The Kier molecular flexibility index (Phi) is 7.09. The normalized spacial score (nSPS) is 13.7. The molecule has 0 bridgehead atoms. The largest absolute Gasteiger partial charge is 0.497 e. The maximum absolute atomic E-state index is 13.0. The first-order chi connectivity index (χ1) is 14.6. The smallest absolute Gasteiger partial charge is 0.341 e. The second kappa shape index (κ2) is 9.94. The van der Waals surface area contributed by atoms with Gasteiger partial charge in [0.25, 0.3) is 0 Å². The maximum Gasteiger partial charge on any atom is 0.341 e. The second-order valence-corrected chi connectivity index (χ2v) is 7.02. The number of carbonyl (C=O) groups is 1. The van der Waals surface area contributed by atoms with Crippen LogP contribution in [0.5, 0.6) is 5.75 Å². The first kappa shape index (κ1) is 21.4. The van der Waals surface area contributed by atoms with Gasteiger partial charge in [-0.25, -0.2) is 4.79 Å². The Morgan fingerprint density at radius 2 is 1.57 bits per heavy atom. The topological polar surface area (TPSA) is 67.8 Å². The molecule has 3 aromatic rings. The Morgan fingerprint density at radius 1 is 0.967 bits per heavy atom. The number of hydrogen-bond donors (Lipinski definition) is 2. The molecule has 3 aromatic carbocycles. The second-order valence-electron chi connectivity index (χ2n) is 7.02. The zero-order chi connectivity index (χ0) is 21.4. The first-order valence-electron chi connectivity index (χ1n) is 9.96. The van der Waals surface area contributed by atoms with Crippen LogP contribution in [0.1, 0.15) is 24.1 Å². The van der Waals surface area contributed by atoms with Crippen LogP contribution in [-0.4, -0.2) is 30.4 Å². The SMILES string of the molecule is CCOC(=O)[C@](O)(Cc1ccccc1)[C@@H](Nc1ccc(OC)cc1)c1ccccc1. The van der Waals surface area contributed by atoms with Crippen LogP contribution in [0.3, 0.4) is 0 Å². The summed E-state index contributed by atoms with van der Waals surface area (Å²) in [5.74, 6) is 0.0606. The molecule has 0 heterocycles. The number of ether oxygens (including phenoxy) is 2. The van der Waals surface area contributed by atoms with Crippen LogP contribution in [0.15, 0.2) is 84.9 Å². The first-order valence-corrected chi connectivity index (χ1v) is 9.96. The zero-order valence-corrected chi connectivity index (χ0v) is 17.2. The minimum absolute atomic E-state index is 0.107. The molecule has 0 aromatic heterocycles. The fourth-order valence-electron chi connectivity index (χ4n) is 3.43. The molecule has 0 fully saturated rings. The number of methoxy groups -OCH3 is 1. The number of esters is 1. The molecule has 0 amide bonds. The van der Waals surface area contributed by atoms with E-state index in [-0.39, 0.29) is 13.0 Å². The number of hydrogen-bond acceptors (Lipinski definition) is 5. The number of anilines is 1. The van der Waals surface area contributed by atoms with E-state index in [1.807, 2.05) is 84.9 Å². The number of nitrogens with one attached hydrogen (secondary N) is 1. The minimum atomic E-state index is -1.82. The van der Waals surface area contributed by atoms with E-state index in [1.54, 1.807) is 14.0 Å². The van der Waals surface area contributed by atoms with Crippen molar-refractivity contribution >= 4 is 11.7 Å². The quantitative estimate of drug-likeness (QED) is 0.517. The summed E-state index contributed by atoms with van der Waals surface area (Å²) in [5.41, 5.74) is 0.546. The average Bonchev–Trinajstić information content (AvgIpc) is 2.79. The molecule has 156 valence electrons. The van der Waals surface area contributed by atoms with Crippen LogP contribution in [0, 0.1) is 0 Å². The predicted molar refractivity (Wildman–Crippen MR) is 118 cm³/mol. The van der Waals surface area contributed by atoms with Crippen LogP contribution in [0.2, 0.25) is 0 Å². The number of carbonyl (C=O) groups excluding carboxylic acids is 1. The molecule has 30 heavy (non-hydrogen) atoms. The van der Waals surface area contributed by atoms with Crippen LogP contribution < -0.4 is 10.1 Å². The third-order valence-corrected chi connectivity index (χ3v) is 4.96. The molecule has 0 aliphatic heterocycles. The summed E-state index contributed by atoms with van der Waals surface area (Å²) >= 11 is 0. The Hall–Kier alpha value is -3.31. The molecule has 2 N–H and O–H groups in total. The fraction of sp³-hybridized carbons (Fsp3) is 0.240. The number of rotatable bonds is 9. The predicted octanol–water partition coefficient (Wildman–Crippen LogP) is 4.39. The molecule has 0 saturated carbocycles. The molecular weight excluding hydrogens is 378 g/mol. The average molecular weight is 405 g/mol. The molecule has 0 radical (unpaired) electrons. The van der Waals surface area contributed by atoms with Crippen molar-refractivity contribution in [2.75, 3.05) is 19.0 Å². The van der Waals surface area contributed by atoms with Crippen molar-refractivity contribution < 1.29 is 19.4 Å². The molecule has 0 unspecified atom stereocenters. The highest BCUT2D eigenvalue weighted by Crippen LogP contribution is 2.34. The number of aliphatic hydroxyl groups is 1. The van der Waals surface area contributed by atoms with Gasteiger partial charge in [0.05, 0.1) is 19.8 Å². The number of benzene rings is 3. The van der Waals surface area contributed by atoms with E-state index in [0.29, 0.717) is 0 Å². The van der Waals surface area contributed by atoms with E-state index in [2.05, 4.69) is 5.32 Å². The van der Waals surface area contributed by atoms with E-state index < -0.39 is 17.6 Å². The third kappa shape index (κ3) is 4.99. The highest BCUT2D eigenvalue weighted by molar-refractivity contribution is 5.82. The van der Waals surface area contributed by atoms with E-state index in [4.69, 9.17) is 9.47 Å². The van der Waals surface area contributed by atoms with E-state index >= 15 is 0 Å². The van der Waals surface area contributed by atoms with Crippen LogP contribution in [0.4, 0.5) is 5.69 Å². The monoisotopic (exact) mass is 405 g/mol. The van der Waals surface area contributed by atoms with Crippen molar-refractivity contribution in [3.63, 3.8) is 0 Å². The van der Waals surface area contributed by atoms with Gasteiger partial charge in [-0.3, -0.25) is 0 Å². The molecule has 0 spiro atoms. The van der Waals surface area contributed by atoms with Gasteiger partial charge in [-0.15, -0.1) is 0 Å². The lowest BCUT2D eigenvalue weighted by molar-refractivity contribution is -0.167. The Labute approximate surface area is 177 Å². The van der Waals surface area contributed by atoms with Gasteiger partial charge in [0, 0.05) is 12.1 Å². The summed E-state index contributed by atoms with van der Waals surface area (Å²) in [6.45, 7) is 1.91. The van der Waals surface area contributed by atoms with Crippen molar-refractivity contribution in [2.45, 2.75) is 25.0 Å². The summed E-state index contributed by atoms with van der Waals surface area (Å²) in [5, 5.41) is 15.1.